The molecule has 0 aliphatic carbocycles. The van der Waals surface area contributed by atoms with Gasteiger partial charge in [0.05, 0.1) is 5.60 Å². The van der Waals surface area contributed by atoms with Crippen molar-refractivity contribution in [1.29, 1.82) is 0 Å². The quantitative estimate of drug-likeness (QED) is 0.675. The maximum atomic E-state index is 11.6. The van der Waals surface area contributed by atoms with Crippen LogP contribution in [0.25, 0.3) is 0 Å². The molecule has 0 spiro atoms. The van der Waals surface area contributed by atoms with E-state index < -0.39 is 43.0 Å². The lowest BCUT2D eigenvalue weighted by Gasteiger charge is -2.28. The lowest BCUT2D eigenvalue weighted by molar-refractivity contribution is -0.145. The van der Waals surface area contributed by atoms with Gasteiger partial charge in [-0.25, -0.2) is 9.59 Å². The van der Waals surface area contributed by atoms with E-state index in [1.807, 2.05) is 0 Å². The maximum Gasteiger partial charge on any atom is 0.408 e. The van der Waals surface area contributed by atoms with Crippen molar-refractivity contribution in [2.24, 2.45) is 0 Å². The Kier molecular flexibility index (Phi) is 2.09. The minimum Gasteiger partial charge on any atom is -0.480 e. The van der Waals surface area contributed by atoms with Crippen molar-refractivity contribution < 1.29 is 32.8 Å². The molecule has 0 radical (unpaired) electrons. The summed E-state index contributed by atoms with van der Waals surface area (Å²) >= 11 is 0. The predicted molar refractivity (Wildman–Crippen MR) is 57.1 cm³/mol. The molecule has 6 nitrogen and oxygen atoms in total. The zero-order chi connectivity index (χ0) is 18.1. The molecule has 0 heterocycles. The van der Waals surface area contributed by atoms with Gasteiger partial charge in [0.25, 0.3) is 0 Å². The molecule has 0 unspecified atom stereocenters. The van der Waals surface area contributed by atoms with Gasteiger partial charge >= 0.3 is 12.1 Å². The Morgan fingerprint density at radius 1 is 1.38 bits per heavy atom. The summed E-state index contributed by atoms with van der Waals surface area (Å²) in [4.78, 5) is 22.8. The SMILES string of the molecule is [2H]C([2H])([2H])C(O)([C@H](NC(=O)OC(C)(C)C)C(=O)O)C([2H])([2H])[2H]. The monoisotopic (exact) mass is 239 g/mol. The molecule has 0 bridgehead atoms. The number of aliphatic hydroxyl groups is 1. The molecule has 0 aromatic carbocycles. The summed E-state index contributed by atoms with van der Waals surface area (Å²) in [5.74, 6) is -2.03. The van der Waals surface area contributed by atoms with Crippen LogP contribution >= 0.6 is 0 Å². The number of ether oxygens (including phenoxy) is 1. The van der Waals surface area contributed by atoms with Crippen molar-refractivity contribution in [1.82, 2.24) is 5.32 Å². The molecule has 3 N–H and O–H groups in total. The first-order chi connectivity index (χ1) is 9.43. The van der Waals surface area contributed by atoms with Gasteiger partial charge in [0.1, 0.15) is 5.60 Å². The van der Waals surface area contributed by atoms with Gasteiger partial charge in [-0.05, 0) is 34.5 Å². The Hall–Kier alpha value is -1.30. The van der Waals surface area contributed by atoms with E-state index in [1.165, 1.54) is 20.8 Å². The number of carboxylic acids is 1. The molecule has 0 aliphatic heterocycles. The minimum absolute atomic E-state index is 1.04. The highest BCUT2D eigenvalue weighted by Gasteiger charge is 2.35. The molecule has 6 heteroatoms. The third-order valence-corrected chi connectivity index (χ3v) is 1.33. The highest BCUT2D eigenvalue weighted by molar-refractivity contribution is 5.81. The second-order valence-corrected chi connectivity index (χ2v) is 4.18. The van der Waals surface area contributed by atoms with E-state index >= 15 is 0 Å². The molecule has 16 heavy (non-hydrogen) atoms. The van der Waals surface area contributed by atoms with Gasteiger partial charge in [-0.2, -0.15) is 0 Å². The van der Waals surface area contributed by atoms with Crippen LogP contribution in [0.4, 0.5) is 4.79 Å². The van der Waals surface area contributed by atoms with E-state index in [2.05, 4.69) is 0 Å². The van der Waals surface area contributed by atoms with Crippen LogP contribution in [-0.4, -0.2) is 39.5 Å². The number of nitrogens with one attached hydrogen (secondary N) is 1. The Balaban J connectivity index is 5.73. The number of alkyl carbamates (subject to hydrolysis) is 1. The van der Waals surface area contributed by atoms with Crippen molar-refractivity contribution in [3.05, 3.63) is 0 Å². The molecular formula is C10H19NO5. The van der Waals surface area contributed by atoms with Crippen molar-refractivity contribution in [2.75, 3.05) is 0 Å². The maximum absolute atomic E-state index is 11.6. The third-order valence-electron chi connectivity index (χ3n) is 1.33. The largest absolute Gasteiger partial charge is 0.480 e. The molecule has 1 amide bonds. The van der Waals surface area contributed by atoms with Gasteiger partial charge in [-0.3, -0.25) is 0 Å². The molecule has 0 saturated carbocycles. The molecule has 0 aromatic rings. The van der Waals surface area contributed by atoms with Gasteiger partial charge in [0, 0.05) is 8.22 Å². The fourth-order valence-electron chi connectivity index (χ4n) is 0.770. The molecule has 0 saturated heterocycles. The van der Waals surface area contributed by atoms with E-state index in [4.69, 9.17) is 18.1 Å². The van der Waals surface area contributed by atoms with Gasteiger partial charge in [0.15, 0.2) is 6.04 Å². The smallest absolute Gasteiger partial charge is 0.408 e. The number of amides is 1. The zero-order valence-corrected chi connectivity index (χ0v) is 9.20. The number of aliphatic carboxylic acids is 1. The summed E-state index contributed by atoms with van der Waals surface area (Å²) in [5.41, 5.74) is -4.73. The van der Waals surface area contributed by atoms with Gasteiger partial charge in [-0.15, -0.1) is 0 Å². The average molecular weight is 239 g/mol. The summed E-state index contributed by atoms with van der Waals surface area (Å²) in [6.45, 7) is -2.82. The highest BCUT2D eigenvalue weighted by Crippen LogP contribution is 2.11. The van der Waals surface area contributed by atoms with Gasteiger partial charge in [0.2, 0.25) is 0 Å². The first kappa shape index (κ1) is 7.11. The van der Waals surface area contributed by atoms with Crippen LogP contribution in [0.2, 0.25) is 0 Å². The van der Waals surface area contributed by atoms with Crippen molar-refractivity contribution in [3.8, 4) is 0 Å². The first-order valence-electron chi connectivity index (χ1n) is 7.38. The van der Waals surface area contributed by atoms with Crippen LogP contribution in [0, 0.1) is 0 Å². The fraction of sp³-hybridized carbons (Fsp3) is 0.800. The normalized spacial score (nSPS) is 21.2. The summed E-state index contributed by atoms with van der Waals surface area (Å²) in [5, 5.41) is 20.7. The number of rotatable bonds is 3. The molecule has 94 valence electrons. The summed E-state index contributed by atoms with van der Waals surface area (Å²) in [6.07, 6.45) is -1.37. The predicted octanol–water partition coefficient (Wildman–Crippen LogP) is 0.735. The number of hydrogen-bond acceptors (Lipinski definition) is 4. The molecular weight excluding hydrogens is 214 g/mol. The Morgan fingerprint density at radius 3 is 2.19 bits per heavy atom. The van der Waals surface area contributed by atoms with E-state index in [1.54, 1.807) is 5.32 Å². The summed E-state index contributed by atoms with van der Waals surface area (Å²) < 4.78 is 47.7. The second kappa shape index (κ2) is 4.69. The van der Waals surface area contributed by atoms with Crippen LogP contribution < -0.4 is 5.32 Å². The van der Waals surface area contributed by atoms with Crippen LogP contribution in [0.1, 0.15) is 42.7 Å². The summed E-state index contributed by atoms with van der Waals surface area (Å²) in [6, 6.07) is -2.62. The Labute approximate surface area is 103 Å². The van der Waals surface area contributed by atoms with E-state index in [0.717, 1.165) is 0 Å². The number of carboxylic acid groups (broad SMARTS) is 1. The van der Waals surface area contributed by atoms with Crippen LogP contribution in [0.5, 0.6) is 0 Å². The molecule has 1 atom stereocenters. The lowest BCUT2D eigenvalue weighted by Crippen LogP contribution is -2.54. The molecule has 0 fully saturated rings. The molecule has 0 rings (SSSR count). The lowest BCUT2D eigenvalue weighted by atomic mass is 9.99. The van der Waals surface area contributed by atoms with E-state index in [0.29, 0.717) is 0 Å². The molecule has 0 aliphatic rings. The number of carbonyl (C=O) groups excluding carboxylic acids is 1. The van der Waals surface area contributed by atoms with Crippen molar-refractivity contribution in [2.45, 2.75) is 51.7 Å². The Morgan fingerprint density at radius 2 is 1.88 bits per heavy atom. The van der Waals surface area contributed by atoms with Crippen LogP contribution in [-0.2, 0) is 9.53 Å². The van der Waals surface area contributed by atoms with E-state index in [9.17, 15) is 14.7 Å². The average Bonchev–Trinajstić information content (AvgIpc) is 2.18. The minimum atomic E-state index is -3.69. The van der Waals surface area contributed by atoms with E-state index in [-0.39, 0.29) is 0 Å². The number of hydrogen-bond donors (Lipinski definition) is 3. The van der Waals surface area contributed by atoms with Crippen molar-refractivity contribution >= 4 is 12.1 Å². The Bertz CT molecular complexity index is 425. The standard InChI is InChI=1S/C10H19NO5/c1-9(2,3)16-8(14)11-6(7(12)13)10(4,5)15/h6,15H,1-5H3,(H,11,14)(H,12,13)/t6-/m1/s1/i4D3,5D3. The second-order valence-electron chi connectivity index (χ2n) is 4.18. The van der Waals surface area contributed by atoms with Crippen LogP contribution in [0.3, 0.4) is 0 Å². The van der Waals surface area contributed by atoms with Gasteiger partial charge in [-0.1, -0.05) is 0 Å². The molecule has 0 aromatic heterocycles. The third kappa shape index (κ3) is 5.55. The zero-order valence-electron chi connectivity index (χ0n) is 15.2. The summed E-state index contributed by atoms with van der Waals surface area (Å²) in [7, 11) is 0. The van der Waals surface area contributed by atoms with Gasteiger partial charge < -0.3 is 20.3 Å². The topological polar surface area (TPSA) is 95.9 Å². The van der Waals surface area contributed by atoms with Crippen molar-refractivity contribution in [3.63, 3.8) is 0 Å². The highest BCUT2D eigenvalue weighted by atomic mass is 16.6. The number of carbonyl (C=O) groups is 2. The fourth-order valence-corrected chi connectivity index (χ4v) is 0.770. The first-order valence-corrected chi connectivity index (χ1v) is 4.38. The van der Waals surface area contributed by atoms with Crippen LogP contribution in [0.15, 0.2) is 0 Å².